The van der Waals surface area contributed by atoms with Crippen molar-refractivity contribution in [3.63, 3.8) is 0 Å². The maximum Gasteiger partial charge on any atom is 0.278 e. The number of rotatable bonds is 2. The molecule has 2 aromatic heterocycles. The molecule has 2 aromatic rings. The van der Waals surface area contributed by atoms with Gasteiger partial charge in [-0.1, -0.05) is 6.58 Å². The van der Waals surface area contributed by atoms with E-state index in [0.717, 1.165) is 11.3 Å². The molecule has 0 amide bonds. The Balaban J connectivity index is 2.09. The van der Waals surface area contributed by atoms with Crippen molar-refractivity contribution in [1.29, 1.82) is 0 Å². The lowest BCUT2D eigenvalue weighted by Gasteiger charge is -2.14. The van der Waals surface area contributed by atoms with Crippen molar-refractivity contribution in [3.8, 4) is 0 Å². The Labute approximate surface area is 107 Å². The van der Waals surface area contributed by atoms with E-state index in [1.807, 2.05) is 4.57 Å². The van der Waals surface area contributed by atoms with Crippen molar-refractivity contribution in [1.82, 2.24) is 19.5 Å². The lowest BCUT2D eigenvalue weighted by Crippen LogP contribution is -2.15. The van der Waals surface area contributed by atoms with Gasteiger partial charge in [-0.15, -0.1) is 11.8 Å². The first kappa shape index (κ1) is 11.5. The minimum Gasteiger partial charge on any atom is -0.395 e. The molecule has 0 spiro atoms. The molecule has 1 aliphatic rings. The van der Waals surface area contributed by atoms with E-state index in [2.05, 4.69) is 21.5 Å². The number of aliphatic hydroxyl groups excluding tert-OH is 1. The zero-order valence-electron chi connectivity index (χ0n) is 9.54. The molecule has 18 heavy (non-hydrogen) atoms. The van der Waals surface area contributed by atoms with Crippen LogP contribution in [0.4, 0.5) is 0 Å². The highest BCUT2D eigenvalue weighted by Gasteiger charge is 2.31. The molecule has 1 aliphatic heterocycles. The summed E-state index contributed by atoms with van der Waals surface area (Å²) in [6.45, 7) is 4.11. The van der Waals surface area contributed by atoms with Crippen molar-refractivity contribution in [3.05, 3.63) is 35.2 Å². The molecule has 7 heteroatoms. The highest BCUT2D eigenvalue weighted by Crippen LogP contribution is 2.39. The second-order valence-corrected chi connectivity index (χ2v) is 5.39. The van der Waals surface area contributed by atoms with Gasteiger partial charge in [0.05, 0.1) is 30.6 Å². The second kappa shape index (κ2) is 4.25. The van der Waals surface area contributed by atoms with Crippen molar-refractivity contribution in [2.75, 3.05) is 12.4 Å². The summed E-state index contributed by atoms with van der Waals surface area (Å²) in [7, 11) is 0. The van der Waals surface area contributed by atoms with Crippen LogP contribution in [0.5, 0.6) is 0 Å². The van der Waals surface area contributed by atoms with Crippen LogP contribution in [0.15, 0.2) is 29.6 Å². The highest BCUT2D eigenvalue weighted by molar-refractivity contribution is 8.00. The van der Waals surface area contributed by atoms with Gasteiger partial charge < -0.3 is 14.7 Å². The molecule has 0 aromatic carbocycles. The largest absolute Gasteiger partial charge is 0.395 e. The third kappa shape index (κ3) is 1.58. The predicted molar refractivity (Wildman–Crippen MR) is 69.7 cm³/mol. The third-order valence-electron chi connectivity index (χ3n) is 3.16. The van der Waals surface area contributed by atoms with Gasteiger partial charge in [-0.25, -0.2) is 9.97 Å². The molecule has 6 nitrogen and oxygen atoms in total. The summed E-state index contributed by atoms with van der Waals surface area (Å²) in [6.07, 6.45) is 2.99. The van der Waals surface area contributed by atoms with Gasteiger partial charge in [-0.3, -0.25) is 4.79 Å². The summed E-state index contributed by atoms with van der Waals surface area (Å²) in [4.78, 5) is 22.3. The zero-order valence-corrected chi connectivity index (χ0v) is 10.4. The fraction of sp³-hybridized carbons (Fsp3) is 0.364. The molecule has 0 radical (unpaired) electrons. The molecule has 0 aliphatic carbocycles. The van der Waals surface area contributed by atoms with Crippen LogP contribution in [0.2, 0.25) is 0 Å². The molecule has 2 atom stereocenters. The molecular weight excluding hydrogens is 252 g/mol. The second-order valence-electron chi connectivity index (χ2n) is 4.15. The van der Waals surface area contributed by atoms with Crippen LogP contribution in [-0.4, -0.2) is 42.2 Å². The van der Waals surface area contributed by atoms with E-state index in [-0.39, 0.29) is 23.5 Å². The number of imidazole rings is 1. The first-order valence-electron chi connectivity index (χ1n) is 5.53. The fourth-order valence-electron chi connectivity index (χ4n) is 2.16. The van der Waals surface area contributed by atoms with E-state index in [1.165, 1.54) is 6.33 Å². The number of aliphatic hydroxyl groups is 1. The molecule has 3 rings (SSSR count). The van der Waals surface area contributed by atoms with Crippen LogP contribution in [0.1, 0.15) is 6.04 Å². The first-order valence-corrected chi connectivity index (χ1v) is 6.58. The van der Waals surface area contributed by atoms with Gasteiger partial charge in [0, 0.05) is 5.75 Å². The molecule has 0 unspecified atom stereocenters. The molecule has 0 bridgehead atoms. The Morgan fingerprint density at radius 3 is 3.17 bits per heavy atom. The monoisotopic (exact) mass is 264 g/mol. The number of hydrogen-bond acceptors (Lipinski definition) is 5. The number of hydrogen-bond donors (Lipinski definition) is 2. The van der Waals surface area contributed by atoms with Crippen molar-refractivity contribution < 1.29 is 5.11 Å². The molecular formula is C11H12N4O2S. The van der Waals surface area contributed by atoms with Crippen LogP contribution >= 0.6 is 11.8 Å². The standard InChI is InChI=1S/C11H12N4O2S/c1-6-7(3-18-8(6)2-16)15-5-14-9-10(15)12-4-13-11(9)17/h4-5,7-8,16H,1-3H2,(H,12,13,17)/t7-,8-/m0/s1. The summed E-state index contributed by atoms with van der Waals surface area (Å²) < 4.78 is 1.86. The van der Waals surface area contributed by atoms with E-state index < -0.39 is 0 Å². The van der Waals surface area contributed by atoms with Crippen LogP contribution in [0.3, 0.4) is 0 Å². The molecule has 1 saturated heterocycles. The summed E-state index contributed by atoms with van der Waals surface area (Å²) in [6, 6.07) is 0.0337. The van der Waals surface area contributed by atoms with Gasteiger partial charge >= 0.3 is 0 Å². The van der Waals surface area contributed by atoms with Crippen LogP contribution < -0.4 is 5.56 Å². The van der Waals surface area contributed by atoms with E-state index >= 15 is 0 Å². The minimum absolute atomic E-state index is 0.0337. The van der Waals surface area contributed by atoms with Crippen LogP contribution in [-0.2, 0) is 0 Å². The average Bonchev–Trinajstić information content (AvgIpc) is 2.93. The summed E-state index contributed by atoms with van der Waals surface area (Å²) in [5.41, 5.74) is 1.60. The average molecular weight is 264 g/mol. The highest BCUT2D eigenvalue weighted by atomic mass is 32.2. The maximum absolute atomic E-state index is 11.6. The van der Waals surface area contributed by atoms with Gasteiger partial charge in [0.25, 0.3) is 5.56 Å². The van der Waals surface area contributed by atoms with Crippen LogP contribution in [0, 0.1) is 0 Å². The molecule has 0 saturated carbocycles. The van der Waals surface area contributed by atoms with Gasteiger partial charge in [-0.2, -0.15) is 0 Å². The van der Waals surface area contributed by atoms with Gasteiger partial charge in [0.2, 0.25) is 0 Å². The maximum atomic E-state index is 11.6. The number of thioether (sulfide) groups is 1. The van der Waals surface area contributed by atoms with E-state index in [1.54, 1.807) is 18.1 Å². The number of nitrogens with zero attached hydrogens (tertiary/aromatic N) is 3. The topological polar surface area (TPSA) is 83.8 Å². The molecule has 94 valence electrons. The fourth-order valence-corrected chi connectivity index (χ4v) is 3.42. The first-order chi connectivity index (χ1) is 8.72. The van der Waals surface area contributed by atoms with Gasteiger partial charge in [-0.05, 0) is 5.57 Å². The molecule has 3 heterocycles. The van der Waals surface area contributed by atoms with E-state index in [0.29, 0.717) is 11.2 Å². The third-order valence-corrected chi connectivity index (χ3v) is 4.53. The normalized spacial score (nSPS) is 23.9. The Morgan fingerprint density at radius 1 is 1.61 bits per heavy atom. The van der Waals surface area contributed by atoms with Crippen molar-refractivity contribution in [2.45, 2.75) is 11.3 Å². The minimum atomic E-state index is -0.242. The number of aromatic amines is 1. The number of nitrogens with one attached hydrogen (secondary N) is 1. The Bertz CT molecular complexity index is 662. The van der Waals surface area contributed by atoms with Gasteiger partial charge in [0.1, 0.15) is 0 Å². The summed E-state index contributed by atoms with van der Waals surface area (Å²) >= 11 is 1.66. The molecule has 1 fully saturated rings. The Hall–Kier alpha value is -1.60. The Morgan fingerprint density at radius 2 is 2.44 bits per heavy atom. The van der Waals surface area contributed by atoms with E-state index in [4.69, 9.17) is 0 Å². The van der Waals surface area contributed by atoms with E-state index in [9.17, 15) is 9.90 Å². The SMILES string of the molecule is C=C1[C@H](CO)SC[C@@H]1n1cnc2c(=O)[nH]cnc21. The molecule has 2 N–H and O–H groups in total. The van der Waals surface area contributed by atoms with Gasteiger partial charge in [0.15, 0.2) is 11.2 Å². The Kier molecular flexibility index (Phi) is 2.71. The smallest absolute Gasteiger partial charge is 0.278 e. The zero-order chi connectivity index (χ0) is 12.7. The summed E-state index contributed by atoms with van der Waals surface area (Å²) in [5.74, 6) is 0.810. The predicted octanol–water partition coefficient (Wildman–Crippen LogP) is 0.325. The summed E-state index contributed by atoms with van der Waals surface area (Å²) in [5, 5.41) is 9.28. The lowest BCUT2D eigenvalue weighted by molar-refractivity contribution is 0.302. The quantitative estimate of drug-likeness (QED) is 0.763. The number of aromatic nitrogens is 4. The number of fused-ring (bicyclic) bond motifs is 1. The van der Waals surface area contributed by atoms with Crippen LogP contribution in [0.25, 0.3) is 11.2 Å². The lowest BCUT2D eigenvalue weighted by atomic mass is 10.1. The number of H-pyrrole nitrogens is 1. The van der Waals surface area contributed by atoms with Crippen molar-refractivity contribution >= 4 is 22.9 Å². The van der Waals surface area contributed by atoms with Crippen molar-refractivity contribution in [2.24, 2.45) is 0 Å².